The maximum atomic E-state index is 10.7. The first kappa shape index (κ1) is 6.60. The van der Waals surface area contributed by atoms with Gasteiger partial charge in [-0.25, -0.2) is 5.10 Å². The number of nitrogens with zero attached hydrogens (tertiary/aromatic N) is 1. The summed E-state index contributed by atoms with van der Waals surface area (Å²) in [5, 5.41) is 5.65. The predicted molar refractivity (Wildman–Crippen MR) is 38.4 cm³/mol. The molecule has 0 amide bonds. The molecule has 0 saturated carbocycles. The number of H-pyrrole nitrogens is 1. The van der Waals surface area contributed by atoms with E-state index in [9.17, 15) is 4.79 Å². The molecule has 10 heavy (non-hydrogen) atoms. The van der Waals surface area contributed by atoms with Crippen LogP contribution < -0.4 is 17.0 Å². The summed E-state index contributed by atoms with van der Waals surface area (Å²) < 4.78 is 0. The Morgan fingerprint density at radius 3 is 2.60 bits per heavy atom. The van der Waals surface area contributed by atoms with Gasteiger partial charge in [0.25, 0.3) is 5.56 Å². The molecule has 5 N–H and O–H groups in total. The molecule has 0 atom stereocenters. The zero-order valence-electron chi connectivity index (χ0n) is 5.51. The molecule has 0 aliphatic carbocycles. The Morgan fingerprint density at radius 1 is 1.50 bits per heavy atom. The first-order valence-electron chi connectivity index (χ1n) is 2.73. The van der Waals surface area contributed by atoms with E-state index in [4.69, 9.17) is 11.5 Å². The molecular formula is C5H8N4O. The normalized spacial score (nSPS) is 9.70. The molecule has 0 aliphatic heterocycles. The van der Waals surface area contributed by atoms with Crippen LogP contribution in [0.4, 0.5) is 11.5 Å². The number of hydrogen-bond donors (Lipinski definition) is 3. The molecule has 0 fully saturated rings. The van der Waals surface area contributed by atoms with Crippen LogP contribution in [0.25, 0.3) is 0 Å². The Bertz CT molecular complexity index is 303. The molecule has 54 valence electrons. The Hall–Kier alpha value is -1.52. The smallest absolute Gasteiger partial charge is 0.287 e. The van der Waals surface area contributed by atoms with Gasteiger partial charge in [-0.1, -0.05) is 0 Å². The van der Waals surface area contributed by atoms with Crippen molar-refractivity contribution in [2.24, 2.45) is 0 Å². The fourth-order valence-electron chi connectivity index (χ4n) is 0.563. The molecule has 0 aliphatic rings. The van der Waals surface area contributed by atoms with Gasteiger partial charge in [-0.3, -0.25) is 4.79 Å². The molecule has 0 spiro atoms. The van der Waals surface area contributed by atoms with E-state index in [1.165, 1.54) is 0 Å². The molecule has 1 heterocycles. The summed E-state index contributed by atoms with van der Waals surface area (Å²) in [6.45, 7) is 1.65. The first-order valence-corrected chi connectivity index (χ1v) is 2.73. The van der Waals surface area contributed by atoms with E-state index in [2.05, 4.69) is 10.2 Å². The van der Waals surface area contributed by atoms with E-state index in [1.54, 1.807) is 6.92 Å². The van der Waals surface area contributed by atoms with Crippen molar-refractivity contribution in [3.63, 3.8) is 0 Å². The maximum absolute atomic E-state index is 10.7. The van der Waals surface area contributed by atoms with E-state index < -0.39 is 5.56 Å². The van der Waals surface area contributed by atoms with Crippen LogP contribution in [0.15, 0.2) is 4.79 Å². The van der Waals surface area contributed by atoms with Gasteiger partial charge in [0.2, 0.25) is 0 Å². The molecule has 1 aromatic rings. The summed E-state index contributed by atoms with van der Waals surface area (Å²) >= 11 is 0. The molecule has 0 saturated heterocycles. The fourth-order valence-corrected chi connectivity index (χ4v) is 0.563. The summed E-state index contributed by atoms with van der Waals surface area (Å²) in [6, 6.07) is 0. The molecular weight excluding hydrogens is 132 g/mol. The largest absolute Gasteiger partial charge is 0.394 e. The number of aromatic amines is 1. The Labute approximate surface area is 57.0 Å². The van der Waals surface area contributed by atoms with Crippen molar-refractivity contribution in [1.82, 2.24) is 10.2 Å². The van der Waals surface area contributed by atoms with Gasteiger partial charge >= 0.3 is 0 Å². The van der Waals surface area contributed by atoms with Gasteiger partial charge in [-0.2, -0.15) is 5.10 Å². The molecule has 0 radical (unpaired) electrons. The van der Waals surface area contributed by atoms with Crippen molar-refractivity contribution in [1.29, 1.82) is 0 Å². The minimum absolute atomic E-state index is 0.132. The highest BCUT2D eigenvalue weighted by atomic mass is 16.1. The number of nitrogen functional groups attached to an aromatic ring is 2. The van der Waals surface area contributed by atoms with Crippen LogP contribution in [0.2, 0.25) is 0 Å². The summed E-state index contributed by atoms with van der Waals surface area (Å²) in [5.41, 5.74) is 10.9. The van der Waals surface area contributed by atoms with E-state index in [-0.39, 0.29) is 11.5 Å². The average Bonchev–Trinajstić information content (AvgIpc) is 1.93. The second-order valence-electron chi connectivity index (χ2n) is 1.98. The second-order valence-corrected chi connectivity index (χ2v) is 1.98. The topological polar surface area (TPSA) is 97.8 Å². The average molecular weight is 140 g/mol. The van der Waals surface area contributed by atoms with Crippen LogP contribution in [-0.2, 0) is 0 Å². The minimum Gasteiger partial charge on any atom is -0.394 e. The van der Waals surface area contributed by atoms with Gasteiger partial charge in [-0.15, -0.1) is 0 Å². The predicted octanol–water partition coefficient (Wildman–Crippen LogP) is -0.757. The lowest BCUT2D eigenvalue weighted by Gasteiger charge is -1.98. The van der Waals surface area contributed by atoms with Gasteiger partial charge in [0.05, 0.1) is 0 Å². The fraction of sp³-hybridized carbons (Fsp3) is 0.200. The number of nitrogens with two attached hydrogens (primary N) is 2. The Kier molecular flexibility index (Phi) is 1.33. The summed E-state index contributed by atoms with van der Waals surface area (Å²) in [4.78, 5) is 10.7. The van der Waals surface area contributed by atoms with Gasteiger partial charge in [-0.05, 0) is 6.92 Å². The molecule has 5 heteroatoms. The van der Waals surface area contributed by atoms with E-state index in [1.807, 2.05) is 0 Å². The lowest BCUT2D eigenvalue weighted by molar-refractivity contribution is 0.990. The zero-order valence-corrected chi connectivity index (χ0v) is 5.51. The molecule has 0 unspecified atom stereocenters. The van der Waals surface area contributed by atoms with E-state index in [0.29, 0.717) is 5.56 Å². The molecule has 0 aromatic carbocycles. The van der Waals surface area contributed by atoms with Crippen LogP contribution in [0.1, 0.15) is 5.56 Å². The Balaban J connectivity index is 3.49. The summed E-state index contributed by atoms with van der Waals surface area (Å²) in [7, 11) is 0. The lowest BCUT2D eigenvalue weighted by Crippen LogP contribution is -2.16. The summed E-state index contributed by atoms with van der Waals surface area (Å²) in [6.07, 6.45) is 0. The van der Waals surface area contributed by atoms with Crippen LogP contribution in [0.5, 0.6) is 0 Å². The molecule has 0 bridgehead atoms. The first-order chi connectivity index (χ1) is 4.63. The quantitative estimate of drug-likeness (QED) is 0.441. The highest BCUT2D eigenvalue weighted by Gasteiger charge is 2.01. The van der Waals surface area contributed by atoms with Crippen molar-refractivity contribution in [2.45, 2.75) is 6.92 Å². The third-order valence-corrected chi connectivity index (χ3v) is 1.31. The van der Waals surface area contributed by atoms with Crippen LogP contribution in [0.3, 0.4) is 0 Å². The molecule has 1 aromatic heterocycles. The number of aromatic nitrogens is 2. The lowest BCUT2D eigenvalue weighted by atomic mass is 10.3. The number of nitrogens with one attached hydrogen (secondary N) is 1. The number of anilines is 2. The summed E-state index contributed by atoms with van der Waals surface area (Å²) in [5.74, 6) is 0.261. The van der Waals surface area contributed by atoms with E-state index >= 15 is 0 Å². The SMILES string of the molecule is Cc1c(N)n[nH]c(=O)c1N. The van der Waals surface area contributed by atoms with E-state index in [0.717, 1.165) is 0 Å². The van der Waals surface area contributed by atoms with Crippen LogP contribution >= 0.6 is 0 Å². The third kappa shape index (κ3) is 0.812. The van der Waals surface area contributed by atoms with Crippen LogP contribution in [0, 0.1) is 6.92 Å². The van der Waals surface area contributed by atoms with Crippen molar-refractivity contribution in [2.75, 3.05) is 11.5 Å². The monoisotopic (exact) mass is 140 g/mol. The van der Waals surface area contributed by atoms with Crippen molar-refractivity contribution in [3.05, 3.63) is 15.9 Å². The van der Waals surface area contributed by atoms with Gasteiger partial charge in [0.15, 0.2) is 0 Å². The van der Waals surface area contributed by atoms with Crippen molar-refractivity contribution < 1.29 is 0 Å². The maximum Gasteiger partial charge on any atom is 0.287 e. The minimum atomic E-state index is -0.397. The third-order valence-electron chi connectivity index (χ3n) is 1.31. The van der Waals surface area contributed by atoms with Crippen molar-refractivity contribution >= 4 is 11.5 Å². The molecule has 5 nitrogen and oxygen atoms in total. The van der Waals surface area contributed by atoms with Gasteiger partial charge < -0.3 is 11.5 Å². The number of rotatable bonds is 0. The standard InChI is InChI=1S/C5H8N4O/c1-2-3(6)5(10)9-8-4(2)7/h1H3,(H,9,10)(H4,6,7,8). The number of hydrogen-bond acceptors (Lipinski definition) is 4. The molecule has 1 rings (SSSR count). The van der Waals surface area contributed by atoms with Gasteiger partial charge in [0, 0.05) is 5.56 Å². The highest BCUT2D eigenvalue weighted by Crippen LogP contribution is 2.07. The zero-order chi connectivity index (χ0) is 7.72. The van der Waals surface area contributed by atoms with Crippen molar-refractivity contribution in [3.8, 4) is 0 Å². The Morgan fingerprint density at radius 2 is 2.10 bits per heavy atom. The van der Waals surface area contributed by atoms with Crippen LogP contribution in [-0.4, -0.2) is 10.2 Å². The second kappa shape index (κ2) is 2.02. The highest BCUT2D eigenvalue weighted by molar-refractivity contribution is 5.53. The van der Waals surface area contributed by atoms with Gasteiger partial charge in [0.1, 0.15) is 11.5 Å².